The predicted octanol–water partition coefficient (Wildman–Crippen LogP) is 2.87. The molecule has 0 aliphatic heterocycles. The summed E-state index contributed by atoms with van der Waals surface area (Å²) in [6.45, 7) is 0. The molecule has 1 N–H and O–H groups in total. The molecule has 0 aliphatic rings. The molecule has 1 heterocycles. The molecule has 0 saturated carbocycles. The van der Waals surface area contributed by atoms with E-state index in [1.807, 2.05) is 36.4 Å². The minimum absolute atomic E-state index is 0.611. The first-order valence-corrected chi connectivity index (χ1v) is 5.34. The van der Waals surface area contributed by atoms with Gasteiger partial charge in [0.1, 0.15) is 0 Å². The molecule has 0 bridgehead atoms. The Balaban J connectivity index is 2.33. The van der Waals surface area contributed by atoms with Gasteiger partial charge in [-0.1, -0.05) is 24.1 Å². The van der Waals surface area contributed by atoms with Crippen molar-refractivity contribution in [1.29, 1.82) is 0 Å². The van der Waals surface area contributed by atoms with Gasteiger partial charge < -0.3 is 4.98 Å². The summed E-state index contributed by atoms with van der Waals surface area (Å²) in [6.07, 6.45) is 0.611. The maximum atomic E-state index is 10.2. The zero-order valence-electron chi connectivity index (χ0n) is 9.03. The summed E-state index contributed by atoms with van der Waals surface area (Å²) in [6, 6.07) is 14.0. The van der Waals surface area contributed by atoms with Crippen LogP contribution in [0.5, 0.6) is 0 Å². The summed E-state index contributed by atoms with van der Waals surface area (Å²) in [5.74, 6) is 5.24. The van der Waals surface area contributed by atoms with E-state index in [4.69, 9.17) is 0 Å². The second-order valence-electron chi connectivity index (χ2n) is 3.82. The molecule has 3 rings (SSSR count). The first kappa shape index (κ1) is 9.68. The van der Waals surface area contributed by atoms with Crippen LogP contribution < -0.4 is 0 Å². The van der Waals surface area contributed by atoms with Crippen molar-refractivity contribution in [3.8, 4) is 11.8 Å². The number of rotatable bonds is 0. The van der Waals surface area contributed by atoms with Gasteiger partial charge in [0, 0.05) is 27.4 Å². The third kappa shape index (κ3) is 1.58. The number of hydrogen-bond acceptors (Lipinski definition) is 1. The van der Waals surface area contributed by atoms with E-state index in [1.165, 1.54) is 5.39 Å². The van der Waals surface area contributed by atoms with Gasteiger partial charge in [-0.25, -0.2) is 0 Å². The number of carbonyl (C=O) groups excluding carboxylic acids is 1. The Labute approximate surface area is 98.3 Å². The fourth-order valence-corrected chi connectivity index (χ4v) is 2.04. The highest BCUT2D eigenvalue weighted by atomic mass is 16.1. The van der Waals surface area contributed by atoms with Gasteiger partial charge in [-0.3, -0.25) is 4.79 Å². The Bertz CT molecular complexity index is 772. The van der Waals surface area contributed by atoms with Crippen molar-refractivity contribution in [3.63, 3.8) is 0 Å². The van der Waals surface area contributed by atoms with Gasteiger partial charge in [0.15, 0.2) is 6.29 Å². The lowest BCUT2D eigenvalue weighted by Gasteiger charge is -1.92. The number of aldehydes is 1. The van der Waals surface area contributed by atoms with E-state index in [-0.39, 0.29) is 0 Å². The van der Waals surface area contributed by atoms with Gasteiger partial charge >= 0.3 is 0 Å². The number of H-pyrrole nitrogens is 1. The molecule has 3 aromatic rings. The lowest BCUT2D eigenvalue weighted by atomic mass is 10.1. The van der Waals surface area contributed by atoms with Crippen molar-refractivity contribution in [2.45, 2.75) is 0 Å². The van der Waals surface area contributed by atoms with Crippen LogP contribution in [-0.2, 0) is 4.79 Å². The van der Waals surface area contributed by atoms with Crippen molar-refractivity contribution >= 4 is 28.1 Å². The number of aromatic nitrogens is 1. The van der Waals surface area contributed by atoms with Crippen LogP contribution in [0, 0.1) is 11.8 Å². The van der Waals surface area contributed by atoms with Crippen molar-refractivity contribution in [1.82, 2.24) is 4.98 Å². The Hall–Kier alpha value is -2.53. The summed E-state index contributed by atoms with van der Waals surface area (Å²) in [4.78, 5) is 13.6. The van der Waals surface area contributed by atoms with E-state index in [9.17, 15) is 4.79 Å². The third-order valence-electron chi connectivity index (χ3n) is 2.78. The lowest BCUT2D eigenvalue weighted by Crippen LogP contribution is -1.74. The molecule has 17 heavy (non-hydrogen) atoms. The minimum atomic E-state index is 0.611. The minimum Gasteiger partial charge on any atom is -0.355 e. The van der Waals surface area contributed by atoms with Crippen molar-refractivity contribution < 1.29 is 4.79 Å². The van der Waals surface area contributed by atoms with Crippen LogP contribution in [-0.4, -0.2) is 11.3 Å². The van der Waals surface area contributed by atoms with Crippen LogP contribution >= 0.6 is 0 Å². The molecule has 0 spiro atoms. The summed E-state index contributed by atoms with van der Waals surface area (Å²) in [5.41, 5.74) is 3.06. The Morgan fingerprint density at radius 1 is 1.00 bits per heavy atom. The molecule has 0 saturated heterocycles. The molecular weight excluding hydrogens is 210 g/mol. The van der Waals surface area contributed by atoms with Crippen molar-refractivity contribution in [2.75, 3.05) is 0 Å². The Morgan fingerprint density at radius 3 is 2.71 bits per heavy atom. The second kappa shape index (κ2) is 3.80. The van der Waals surface area contributed by atoms with Crippen LogP contribution in [0.2, 0.25) is 0 Å². The monoisotopic (exact) mass is 219 g/mol. The Kier molecular flexibility index (Phi) is 2.16. The highest BCUT2D eigenvalue weighted by Gasteiger charge is 2.03. The van der Waals surface area contributed by atoms with E-state index in [1.54, 1.807) is 0 Å². The highest BCUT2D eigenvalue weighted by molar-refractivity contribution is 6.07. The number of benzene rings is 2. The Morgan fingerprint density at radius 2 is 1.82 bits per heavy atom. The number of carbonyl (C=O) groups is 1. The van der Waals surface area contributed by atoms with Crippen LogP contribution in [0.3, 0.4) is 0 Å². The molecule has 1 aromatic heterocycles. The standard InChI is InChI=1S/C15H9NO/c17-9-3-4-11-7-8-15-13(10-11)12-5-1-2-6-14(12)16-15/h1-2,5-10,16H. The number of nitrogens with one attached hydrogen (secondary N) is 1. The van der Waals surface area contributed by atoms with E-state index in [2.05, 4.69) is 22.9 Å². The van der Waals surface area contributed by atoms with Gasteiger partial charge in [0.2, 0.25) is 0 Å². The SMILES string of the molecule is O=CC#Cc1ccc2[nH]c3ccccc3c2c1. The summed E-state index contributed by atoms with van der Waals surface area (Å²) >= 11 is 0. The fourth-order valence-electron chi connectivity index (χ4n) is 2.04. The smallest absolute Gasteiger partial charge is 0.193 e. The number of para-hydroxylation sites is 1. The average molecular weight is 219 g/mol. The maximum Gasteiger partial charge on any atom is 0.193 e. The summed E-state index contributed by atoms with van der Waals surface area (Å²) < 4.78 is 0. The van der Waals surface area contributed by atoms with E-state index >= 15 is 0 Å². The maximum absolute atomic E-state index is 10.2. The molecule has 2 nitrogen and oxygen atoms in total. The quantitative estimate of drug-likeness (QED) is 0.457. The summed E-state index contributed by atoms with van der Waals surface area (Å²) in [5, 5.41) is 2.32. The van der Waals surface area contributed by atoms with E-state index in [0.717, 1.165) is 22.0 Å². The second-order valence-corrected chi connectivity index (χ2v) is 3.82. The molecule has 80 valence electrons. The van der Waals surface area contributed by atoms with Crippen LogP contribution in [0.4, 0.5) is 0 Å². The fraction of sp³-hybridized carbons (Fsp3) is 0. The van der Waals surface area contributed by atoms with Crippen LogP contribution in [0.15, 0.2) is 42.5 Å². The van der Waals surface area contributed by atoms with Crippen LogP contribution in [0.25, 0.3) is 21.8 Å². The van der Waals surface area contributed by atoms with Gasteiger partial charge in [0.25, 0.3) is 0 Å². The number of aromatic amines is 1. The molecule has 2 aromatic carbocycles. The zero-order chi connectivity index (χ0) is 11.7. The summed E-state index contributed by atoms with van der Waals surface area (Å²) in [7, 11) is 0. The number of fused-ring (bicyclic) bond motifs is 3. The molecule has 0 fully saturated rings. The van der Waals surface area contributed by atoms with Crippen LogP contribution in [0.1, 0.15) is 5.56 Å². The normalized spacial score (nSPS) is 10.1. The molecule has 0 amide bonds. The first-order chi connectivity index (χ1) is 8.38. The van der Waals surface area contributed by atoms with Gasteiger partial charge in [-0.2, -0.15) is 0 Å². The molecule has 0 unspecified atom stereocenters. The van der Waals surface area contributed by atoms with E-state index in [0.29, 0.717) is 6.29 Å². The van der Waals surface area contributed by atoms with E-state index < -0.39 is 0 Å². The predicted molar refractivity (Wildman–Crippen MR) is 68.7 cm³/mol. The molecule has 0 radical (unpaired) electrons. The lowest BCUT2D eigenvalue weighted by molar-refractivity contribution is -0.103. The molecule has 2 heteroatoms. The number of hydrogen-bond donors (Lipinski definition) is 1. The molecular formula is C15H9NO. The third-order valence-corrected chi connectivity index (χ3v) is 2.78. The first-order valence-electron chi connectivity index (χ1n) is 5.34. The van der Waals surface area contributed by atoms with Crippen molar-refractivity contribution in [2.24, 2.45) is 0 Å². The molecule has 0 aliphatic carbocycles. The zero-order valence-corrected chi connectivity index (χ0v) is 9.03. The van der Waals surface area contributed by atoms with Gasteiger partial charge in [0.05, 0.1) is 0 Å². The topological polar surface area (TPSA) is 32.9 Å². The van der Waals surface area contributed by atoms with Gasteiger partial charge in [-0.05, 0) is 30.2 Å². The van der Waals surface area contributed by atoms with Crippen molar-refractivity contribution in [3.05, 3.63) is 48.0 Å². The molecule has 0 atom stereocenters. The van der Waals surface area contributed by atoms with Gasteiger partial charge in [-0.15, -0.1) is 0 Å². The average Bonchev–Trinajstić information content (AvgIpc) is 2.74. The highest BCUT2D eigenvalue weighted by Crippen LogP contribution is 2.25. The largest absolute Gasteiger partial charge is 0.355 e.